The van der Waals surface area contributed by atoms with Crippen molar-refractivity contribution in [1.29, 1.82) is 5.41 Å². The number of aliphatic hydroxyl groups excluding tert-OH is 1. The molecule has 0 fully saturated rings. The van der Waals surface area contributed by atoms with E-state index in [0.717, 1.165) is 22.4 Å². The molecule has 2 rings (SSSR count). The second-order valence-corrected chi connectivity index (χ2v) is 6.55. The smallest absolute Gasteiger partial charge is 0.140 e. The molecule has 1 unspecified atom stereocenters. The Morgan fingerprint density at radius 1 is 1.52 bits per heavy atom. The van der Waals surface area contributed by atoms with Crippen LogP contribution < -0.4 is 5.32 Å². The predicted molar refractivity (Wildman–Crippen MR) is 101 cm³/mol. The standard InChI is InChI=1S/C18H22BrFN4O/c1-4-22-17(19)13(8-21)10-24-9-11(2)23-18(24)15-6-5-14(20)7-16(15)12(3)25/h5-9,12,21-22,25H,4,10H2,1-3H3/b17-13+,21-8?. The number of imidazole rings is 1. The molecule has 5 nitrogen and oxygen atoms in total. The Morgan fingerprint density at radius 2 is 2.24 bits per heavy atom. The molecule has 25 heavy (non-hydrogen) atoms. The fourth-order valence-electron chi connectivity index (χ4n) is 2.60. The van der Waals surface area contributed by atoms with E-state index in [1.54, 1.807) is 13.0 Å². The van der Waals surface area contributed by atoms with Crippen LogP contribution in [0.5, 0.6) is 0 Å². The van der Waals surface area contributed by atoms with Crippen LogP contribution in [0.2, 0.25) is 0 Å². The van der Waals surface area contributed by atoms with Crippen molar-refractivity contribution in [2.45, 2.75) is 33.4 Å². The molecule has 1 atom stereocenters. The average molecular weight is 409 g/mol. The zero-order valence-electron chi connectivity index (χ0n) is 14.5. The van der Waals surface area contributed by atoms with Gasteiger partial charge in [0.05, 0.1) is 22.9 Å². The molecular weight excluding hydrogens is 387 g/mol. The molecule has 0 spiro atoms. The minimum Gasteiger partial charge on any atom is -0.389 e. The van der Waals surface area contributed by atoms with Gasteiger partial charge >= 0.3 is 0 Å². The van der Waals surface area contributed by atoms with Crippen LogP contribution in [-0.4, -0.2) is 27.4 Å². The van der Waals surface area contributed by atoms with Crippen molar-refractivity contribution in [3.63, 3.8) is 0 Å². The molecule has 2 aromatic rings. The average Bonchev–Trinajstić information content (AvgIpc) is 2.92. The zero-order valence-corrected chi connectivity index (χ0v) is 16.1. The van der Waals surface area contributed by atoms with Crippen LogP contribution in [0, 0.1) is 18.2 Å². The van der Waals surface area contributed by atoms with Crippen LogP contribution in [0.15, 0.2) is 34.6 Å². The molecule has 0 amide bonds. The quantitative estimate of drug-likeness (QED) is 0.480. The van der Waals surface area contributed by atoms with Gasteiger partial charge in [0.1, 0.15) is 11.6 Å². The van der Waals surface area contributed by atoms with Crippen molar-refractivity contribution in [3.8, 4) is 11.4 Å². The molecule has 1 aromatic carbocycles. The molecule has 7 heteroatoms. The van der Waals surface area contributed by atoms with E-state index in [1.807, 2.05) is 24.6 Å². The Bertz CT molecular complexity index is 798. The van der Waals surface area contributed by atoms with Gasteiger partial charge < -0.3 is 20.4 Å². The SMILES string of the molecule is CCN/C(Br)=C(\C=N)Cn1cc(C)nc1-c1ccc(F)cc1C(C)O. The van der Waals surface area contributed by atoms with Gasteiger partial charge in [0, 0.05) is 30.1 Å². The highest BCUT2D eigenvalue weighted by Crippen LogP contribution is 2.29. The molecule has 0 radical (unpaired) electrons. The lowest BCUT2D eigenvalue weighted by Crippen LogP contribution is -2.14. The third-order valence-corrected chi connectivity index (χ3v) is 4.52. The molecule has 0 aliphatic heterocycles. The van der Waals surface area contributed by atoms with E-state index in [0.29, 0.717) is 23.5 Å². The molecule has 0 bridgehead atoms. The van der Waals surface area contributed by atoms with Crippen LogP contribution in [-0.2, 0) is 6.54 Å². The largest absolute Gasteiger partial charge is 0.389 e. The summed E-state index contributed by atoms with van der Waals surface area (Å²) in [5.41, 5.74) is 2.72. The molecule has 0 aliphatic carbocycles. The first kappa shape index (κ1) is 19.3. The second-order valence-electron chi connectivity index (χ2n) is 5.76. The van der Waals surface area contributed by atoms with Gasteiger partial charge in [-0.25, -0.2) is 9.37 Å². The summed E-state index contributed by atoms with van der Waals surface area (Å²) in [7, 11) is 0. The van der Waals surface area contributed by atoms with Gasteiger partial charge in [-0.2, -0.15) is 0 Å². The van der Waals surface area contributed by atoms with Crippen molar-refractivity contribution in [2.24, 2.45) is 0 Å². The first-order valence-corrected chi connectivity index (χ1v) is 8.81. The molecule has 0 aliphatic rings. The van der Waals surface area contributed by atoms with Crippen molar-refractivity contribution in [2.75, 3.05) is 6.54 Å². The minimum absolute atomic E-state index is 0.399. The maximum absolute atomic E-state index is 13.6. The monoisotopic (exact) mass is 408 g/mol. The molecule has 3 N–H and O–H groups in total. The van der Waals surface area contributed by atoms with Gasteiger partial charge in [0.2, 0.25) is 0 Å². The van der Waals surface area contributed by atoms with Gasteiger partial charge in [-0.3, -0.25) is 0 Å². The van der Waals surface area contributed by atoms with Gasteiger partial charge in [-0.15, -0.1) is 0 Å². The fourth-order valence-corrected chi connectivity index (χ4v) is 3.12. The van der Waals surface area contributed by atoms with Crippen molar-refractivity contribution >= 4 is 22.1 Å². The summed E-state index contributed by atoms with van der Waals surface area (Å²) in [5.74, 6) is 0.231. The third-order valence-electron chi connectivity index (χ3n) is 3.73. The Hall–Kier alpha value is -1.99. The van der Waals surface area contributed by atoms with Crippen molar-refractivity contribution in [1.82, 2.24) is 14.9 Å². The highest BCUT2D eigenvalue weighted by atomic mass is 79.9. The van der Waals surface area contributed by atoms with E-state index in [1.165, 1.54) is 18.3 Å². The number of nitrogens with zero attached hydrogens (tertiary/aromatic N) is 2. The Balaban J connectivity index is 2.53. The Kier molecular flexibility index (Phi) is 6.50. The van der Waals surface area contributed by atoms with Gasteiger partial charge in [0.25, 0.3) is 0 Å². The van der Waals surface area contributed by atoms with Crippen LogP contribution in [0.3, 0.4) is 0 Å². The van der Waals surface area contributed by atoms with E-state index in [4.69, 9.17) is 5.41 Å². The molecule has 0 saturated heterocycles. The maximum atomic E-state index is 13.6. The fraction of sp³-hybridized carbons (Fsp3) is 0.333. The highest BCUT2D eigenvalue weighted by Gasteiger charge is 2.17. The van der Waals surface area contributed by atoms with E-state index < -0.39 is 11.9 Å². The van der Waals surface area contributed by atoms with E-state index in [-0.39, 0.29) is 0 Å². The van der Waals surface area contributed by atoms with Crippen molar-refractivity contribution < 1.29 is 9.50 Å². The number of hydrogen-bond acceptors (Lipinski definition) is 4. The van der Waals surface area contributed by atoms with E-state index >= 15 is 0 Å². The molecule has 0 saturated carbocycles. The second kappa shape index (κ2) is 8.40. The Labute approximate surface area is 155 Å². The Morgan fingerprint density at radius 3 is 2.84 bits per heavy atom. The normalized spacial score (nSPS) is 13.4. The number of rotatable bonds is 7. The highest BCUT2D eigenvalue weighted by molar-refractivity contribution is 9.11. The summed E-state index contributed by atoms with van der Waals surface area (Å²) in [6.07, 6.45) is 2.34. The number of aliphatic hydroxyl groups is 1. The lowest BCUT2D eigenvalue weighted by molar-refractivity contribution is 0.199. The number of aryl methyl sites for hydroxylation is 1. The maximum Gasteiger partial charge on any atom is 0.140 e. The van der Waals surface area contributed by atoms with E-state index in [9.17, 15) is 9.50 Å². The van der Waals surface area contributed by atoms with E-state index in [2.05, 4.69) is 26.2 Å². The molecule has 1 heterocycles. The van der Waals surface area contributed by atoms with Crippen LogP contribution >= 0.6 is 15.9 Å². The first-order valence-electron chi connectivity index (χ1n) is 8.02. The van der Waals surface area contributed by atoms with Crippen LogP contribution in [0.25, 0.3) is 11.4 Å². The lowest BCUT2D eigenvalue weighted by atomic mass is 10.0. The number of halogens is 2. The summed E-state index contributed by atoms with van der Waals surface area (Å²) >= 11 is 3.45. The van der Waals surface area contributed by atoms with Crippen molar-refractivity contribution in [3.05, 3.63) is 51.6 Å². The molecule has 1 aromatic heterocycles. The number of aromatic nitrogens is 2. The predicted octanol–water partition coefficient (Wildman–Crippen LogP) is 3.92. The number of benzene rings is 1. The summed E-state index contributed by atoms with van der Waals surface area (Å²) in [5, 5.41) is 20.8. The number of allylic oxidation sites excluding steroid dienone is 1. The van der Waals surface area contributed by atoms with Gasteiger partial charge in [-0.1, -0.05) is 0 Å². The summed E-state index contributed by atoms with van der Waals surface area (Å²) < 4.78 is 16.2. The van der Waals surface area contributed by atoms with Gasteiger partial charge in [-0.05, 0) is 60.5 Å². The zero-order chi connectivity index (χ0) is 18.6. The summed E-state index contributed by atoms with van der Waals surface area (Å²) in [6, 6.07) is 4.32. The summed E-state index contributed by atoms with van der Waals surface area (Å²) in [6.45, 7) is 6.60. The molecule has 134 valence electrons. The number of nitrogens with one attached hydrogen (secondary N) is 2. The van der Waals surface area contributed by atoms with Crippen LogP contribution in [0.1, 0.15) is 31.2 Å². The first-order chi connectivity index (χ1) is 11.9. The summed E-state index contributed by atoms with van der Waals surface area (Å²) in [4.78, 5) is 4.54. The topological polar surface area (TPSA) is 73.9 Å². The molecular formula is C18H22BrFN4O. The minimum atomic E-state index is -0.817. The lowest BCUT2D eigenvalue weighted by Gasteiger charge is -2.15. The number of hydrogen-bond donors (Lipinski definition) is 3. The third kappa shape index (κ3) is 4.55. The van der Waals surface area contributed by atoms with Crippen LogP contribution in [0.4, 0.5) is 4.39 Å². The van der Waals surface area contributed by atoms with Gasteiger partial charge in [0.15, 0.2) is 0 Å².